The van der Waals surface area contributed by atoms with Crippen molar-refractivity contribution in [3.8, 4) is 0 Å². The summed E-state index contributed by atoms with van der Waals surface area (Å²) in [7, 11) is 1.74. The van der Waals surface area contributed by atoms with Crippen molar-refractivity contribution in [3.63, 3.8) is 0 Å². The summed E-state index contributed by atoms with van der Waals surface area (Å²) >= 11 is 3.55. The molecule has 1 aromatic rings. The molecule has 0 spiro atoms. The van der Waals surface area contributed by atoms with Crippen molar-refractivity contribution in [1.29, 1.82) is 0 Å². The standard InChI is InChI=1S/C13H20BrNO/c1-4-12(9-16-3)15-8-11-6-5-10(2)13(14)7-11/h5-7,12,15H,4,8-9H2,1-3H3. The summed E-state index contributed by atoms with van der Waals surface area (Å²) in [5.74, 6) is 0. The molecule has 0 aliphatic rings. The second-order valence-corrected chi connectivity index (χ2v) is 4.88. The Morgan fingerprint density at radius 1 is 1.44 bits per heavy atom. The van der Waals surface area contributed by atoms with E-state index in [9.17, 15) is 0 Å². The number of hydrogen-bond donors (Lipinski definition) is 1. The van der Waals surface area contributed by atoms with E-state index >= 15 is 0 Å². The zero-order chi connectivity index (χ0) is 12.0. The van der Waals surface area contributed by atoms with E-state index in [1.165, 1.54) is 15.6 Å². The lowest BCUT2D eigenvalue weighted by Crippen LogP contribution is -2.31. The van der Waals surface area contributed by atoms with Crippen LogP contribution in [-0.4, -0.2) is 19.8 Å². The minimum atomic E-state index is 0.435. The molecular weight excluding hydrogens is 266 g/mol. The Morgan fingerprint density at radius 3 is 2.75 bits per heavy atom. The topological polar surface area (TPSA) is 21.3 Å². The number of aryl methyl sites for hydroxylation is 1. The molecule has 0 aliphatic carbocycles. The number of hydrogen-bond acceptors (Lipinski definition) is 2. The van der Waals surface area contributed by atoms with Crippen LogP contribution in [0.2, 0.25) is 0 Å². The summed E-state index contributed by atoms with van der Waals surface area (Å²) in [4.78, 5) is 0. The van der Waals surface area contributed by atoms with E-state index in [1.54, 1.807) is 7.11 Å². The molecule has 0 saturated carbocycles. The molecule has 1 unspecified atom stereocenters. The van der Waals surface area contributed by atoms with Crippen molar-refractivity contribution in [3.05, 3.63) is 33.8 Å². The number of nitrogens with one attached hydrogen (secondary N) is 1. The smallest absolute Gasteiger partial charge is 0.0615 e. The van der Waals surface area contributed by atoms with Crippen LogP contribution in [0.25, 0.3) is 0 Å². The highest BCUT2D eigenvalue weighted by atomic mass is 79.9. The maximum absolute atomic E-state index is 5.15. The van der Waals surface area contributed by atoms with Gasteiger partial charge in [0.15, 0.2) is 0 Å². The van der Waals surface area contributed by atoms with E-state index in [2.05, 4.69) is 53.3 Å². The number of benzene rings is 1. The van der Waals surface area contributed by atoms with Crippen molar-refractivity contribution in [2.75, 3.05) is 13.7 Å². The number of methoxy groups -OCH3 is 1. The predicted molar refractivity (Wildman–Crippen MR) is 71.7 cm³/mol. The Kier molecular flexibility index (Phi) is 6.03. The van der Waals surface area contributed by atoms with Crippen LogP contribution in [0.4, 0.5) is 0 Å². The van der Waals surface area contributed by atoms with Gasteiger partial charge in [-0.25, -0.2) is 0 Å². The average molecular weight is 286 g/mol. The number of halogens is 1. The zero-order valence-corrected chi connectivity index (χ0v) is 11.8. The first-order valence-corrected chi connectivity index (χ1v) is 6.44. The molecule has 90 valence electrons. The number of rotatable bonds is 6. The quantitative estimate of drug-likeness (QED) is 0.866. The van der Waals surface area contributed by atoms with Crippen LogP contribution < -0.4 is 5.32 Å². The lowest BCUT2D eigenvalue weighted by molar-refractivity contribution is 0.164. The zero-order valence-electron chi connectivity index (χ0n) is 10.2. The SMILES string of the molecule is CCC(COC)NCc1ccc(C)c(Br)c1. The monoisotopic (exact) mass is 285 g/mol. The van der Waals surface area contributed by atoms with Crippen molar-refractivity contribution in [2.24, 2.45) is 0 Å². The van der Waals surface area contributed by atoms with E-state index in [4.69, 9.17) is 4.74 Å². The van der Waals surface area contributed by atoms with Crippen molar-refractivity contribution in [1.82, 2.24) is 5.32 Å². The first kappa shape index (κ1) is 13.7. The summed E-state index contributed by atoms with van der Waals surface area (Å²) in [6, 6.07) is 6.90. The van der Waals surface area contributed by atoms with Gasteiger partial charge in [-0.2, -0.15) is 0 Å². The van der Waals surface area contributed by atoms with E-state index in [0.717, 1.165) is 19.6 Å². The molecule has 1 aromatic carbocycles. The highest BCUT2D eigenvalue weighted by Gasteiger charge is 2.05. The van der Waals surface area contributed by atoms with Gasteiger partial charge in [-0.3, -0.25) is 0 Å². The maximum Gasteiger partial charge on any atom is 0.0615 e. The van der Waals surface area contributed by atoms with Gasteiger partial charge in [0.05, 0.1) is 6.61 Å². The summed E-state index contributed by atoms with van der Waals surface area (Å²) in [5.41, 5.74) is 2.57. The van der Waals surface area contributed by atoms with E-state index in [1.807, 2.05) is 0 Å². The third-order valence-corrected chi connectivity index (χ3v) is 3.55. The largest absolute Gasteiger partial charge is 0.383 e. The second kappa shape index (κ2) is 7.05. The molecule has 0 saturated heterocycles. The molecule has 3 heteroatoms. The highest BCUT2D eigenvalue weighted by Crippen LogP contribution is 2.17. The van der Waals surface area contributed by atoms with Crippen molar-refractivity contribution < 1.29 is 4.74 Å². The summed E-state index contributed by atoms with van der Waals surface area (Å²) in [6.45, 7) is 5.92. The average Bonchev–Trinajstić information content (AvgIpc) is 2.28. The summed E-state index contributed by atoms with van der Waals surface area (Å²) in [6.07, 6.45) is 1.08. The van der Waals surface area contributed by atoms with Crippen LogP contribution in [0.5, 0.6) is 0 Å². The van der Waals surface area contributed by atoms with Crippen LogP contribution in [-0.2, 0) is 11.3 Å². The first-order chi connectivity index (χ1) is 7.67. The Balaban J connectivity index is 2.50. The van der Waals surface area contributed by atoms with Crippen LogP contribution >= 0.6 is 15.9 Å². The fourth-order valence-electron chi connectivity index (χ4n) is 1.53. The van der Waals surface area contributed by atoms with Crippen molar-refractivity contribution in [2.45, 2.75) is 32.9 Å². The van der Waals surface area contributed by atoms with Gasteiger partial charge >= 0.3 is 0 Å². The minimum absolute atomic E-state index is 0.435. The van der Waals surface area contributed by atoms with Crippen LogP contribution in [0.15, 0.2) is 22.7 Å². The minimum Gasteiger partial charge on any atom is -0.383 e. The normalized spacial score (nSPS) is 12.8. The molecule has 0 fully saturated rings. The lowest BCUT2D eigenvalue weighted by Gasteiger charge is -2.16. The summed E-state index contributed by atoms with van der Waals surface area (Å²) in [5, 5.41) is 3.49. The Morgan fingerprint density at radius 2 is 2.19 bits per heavy atom. The molecule has 1 N–H and O–H groups in total. The third-order valence-electron chi connectivity index (χ3n) is 2.69. The molecule has 0 aromatic heterocycles. The Labute approximate surface area is 107 Å². The van der Waals surface area contributed by atoms with Gasteiger partial charge < -0.3 is 10.1 Å². The molecule has 0 radical (unpaired) electrons. The molecule has 2 nitrogen and oxygen atoms in total. The first-order valence-electron chi connectivity index (χ1n) is 5.64. The van der Waals surface area contributed by atoms with Crippen LogP contribution in [0.3, 0.4) is 0 Å². The highest BCUT2D eigenvalue weighted by molar-refractivity contribution is 9.10. The number of ether oxygens (including phenoxy) is 1. The van der Waals surface area contributed by atoms with Gasteiger partial charge in [0.25, 0.3) is 0 Å². The molecule has 0 amide bonds. The van der Waals surface area contributed by atoms with Crippen LogP contribution in [0, 0.1) is 6.92 Å². The van der Waals surface area contributed by atoms with Gasteiger partial charge in [-0.1, -0.05) is 35.0 Å². The molecular formula is C13H20BrNO. The van der Waals surface area contributed by atoms with E-state index in [0.29, 0.717) is 6.04 Å². The van der Waals surface area contributed by atoms with E-state index in [-0.39, 0.29) is 0 Å². The maximum atomic E-state index is 5.15. The molecule has 1 rings (SSSR count). The Hall–Kier alpha value is -0.380. The molecule has 1 atom stereocenters. The lowest BCUT2D eigenvalue weighted by atomic mass is 10.1. The Bertz CT molecular complexity index is 328. The third kappa shape index (κ3) is 4.24. The fraction of sp³-hybridized carbons (Fsp3) is 0.538. The van der Waals surface area contributed by atoms with Gasteiger partial charge in [0.1, 0.15) is 0 Å². The van der Waals surface area contributed by atoms with Gasteiger partial charge in [-0.05, 0) is 30.5 Å². The van der Waals surface area contributed by atoms with Gasteiger partial charge in [0, 0.05) is 24.2 Å². The van der Waals surface area contributed by atoms with Gasteiger partial charge in [-0.15, -0.1) is 0 Å². The molecule has 16 heavy (non-hydrogen) atoms. The molecule has 0 heterocycles. The summed E-state index contributed by atoms with van der Waals surface area (Å²) < 4.78 is 6.33. The predicted octanol–water partition coefficient (Wildman–Crippen LogP) is 3.27. The fourth-order valence-corrected chi connectivity index (χ4v) is 1.96. The van der Waals surface area contributed by atoms with E-state index < -0.39 is 0 Å². The molecule has 0 aliphatic heterocycles. The molecule has 0 bridgehead atoms. The van der Waals surface area contributed by atoms with Crippen LogP contribution in [0.1, 0.15) is 24.5 Å². The second-order valence-electron chi connectivity index (χ2n) is 4.02. The van der Waals surface area contributed by atoms with Gasteiger partial charge in [0.2, 0.25) is 0 Å². The van der Waals surface area contributed by atoms with Crippen molar-refractivity contribution >= 4 is 15.9 Å².